The van der Waals surface area contributed by atoms with E-state index in [2.05, 4.69) is 33.6 Å². The first-order valence-electron chi connectivity index (χ1n) is 8.57. The van der Waals surface area contributed by atoms with E-state index in [1.807, 2.05) is 17.9 Å². The highest BCUT2D eigenvalue weighted by atomic mass is 16.3. The first kappa shape index (κ1) is 15.8. The van der Waals surface area contributed by atoms with E-state index in [0.717, 1.165) is 23.7 Å². The van der Waals surface area contributed by atoms with Gasteiger partial charge in [0, 0.05) is 31.5 Å². The highest BCUT2D eigenvalue weighted by molar-refractivity contribution is 5.97. The summed E-state index contributed by atoms with van der Waals surface area (Å²) in [6.45, 7) is 9.36. The molecule has 130 valence electrons. The number of carbonyl (C=O) groups excluding carboxylic acids is 1. The molecule has 2 aromatic heterocycles. The molecular formula is C18H21N5O2. The van der Waals surface area contributed by atoms with Crippen LogP contribution in [0, 0.1) is 6.92 Å². The second-order valence-corrected chi connectivity index (χ2v) is 6.81. The monoisotopic (exact) mass is 339 g/mol. The Kier molecular flexibility index (Phi) is 3.59. The normalized spacial score (nSPS) is 17.3. The first-order chi connectivity index (χ1) is 12.0. The third kappa shape index (κ3) is 2.50. The molecule has 0 radical (unpaired) electrons. The quantitative estimate of drug-likeness (QED) is 0.717. The second-order valence-electron chi connectivity index (χ2n) is 6.81. The highest BCUT2D eigenvalue weighted by Gasteiger charge is 2.32. The number of aromatic nitrogens is 4. The lowest BCUT2D eigenvalue weighted by Crippen LogP contribution is -2.41. The zero-order valence-corrected chi connectivity index (χ0v) is 14.9. The summed E-state index contributed by atoms with van der Waals surface area (Å²) in [4.78, 5) is 19.1. The lowest BCUT2D eigenvalue weighted by Gasteiger charge is -2.34. The fraction of sp³-hybridized carbons (Fsp3) is 0.444. The molecule has 7 nitrogen and oxygen atoms in total. The molecule has 1 amide bonds. The number of aryl methyl sites for hydroxylation is 1. The molecule has 4 rings (SSSR count). The van der Waals surface area contributed by atoms with Gasteiger partial charge in [0.2, 0.25) is 0 Å². The fourth-order valence-electron chi connectivity index (χ4n) is 3.45. The number of benzene rings is 1. The van der Waals surface area contributed by atoms with Crippen LogP contribution in [0.25, 0.3) is 11.1 Å². The van der Waals surface area contributed by atoms with Gasteiger partial charge in [-0.25, -0.2) is 4.98 Å². The van der Waals surface area contributed by atoms with Crippen molar-refractivity contribution in [1.29, 1.82) is 0 Å². The summed E-state index contributed by atoms with van der Waals surface area (Å²) in [5.41, 5.74) is 2.01. The van der Waals surface area contributed by atoms with Crippen LogP contribution in [0.3, 0.4) is 0 Å². The van der Waals surface area contributed by atoms with Gasteiger partial charge in [-0.3, -0.25) is 4.79 Å². The molecule has 1 aromatic carbocycles. The minimum atomic E-state index is -0.117. The van der Waals surface area contributed by atoms with Crippen LogP contribution in [0.1, 0.15) is 60.6 Å². The predicted octanol–water partition coefficient (Wildman–Crippen LogP) is 3.07. The average Bonchev–Trinajstić information content (AvgIpc) is 3.16. The molecule has 0 fully saturated rings. The van der Waals surface area contributed by atoms with Crippen LogP contribution in [0.2, 0.25) is 0 Å². The number of carbonyl (C=O) groups is 1. The number of nitrogens with zero attached hydrogens (tertiary/aromatic N) is 5. The molecule has 1 aliphatic heterocycles. The number of hydrogen-bond donors (Lipinski definition) is 0. The van der Waals surface area contributed by atoms with Crippen LogP contribution in [-0.2, 0) is 6.54 Å². The predicted molar refractivity (Wildman–Crippen MR) is 92.3 cm³/mol. The average molecular weight is 339 g/mol. The number of rotatable bonds is 2. The van der Waals surface area contributed by atoms with Crippen LogP contribution in [0.4, 0.5) is 0 Å². The Morgan fingerprint density at radius 2 is 2.08 bits per heavy atom. The van der Waals surface area contributed by atoms with Gasteiger partial charge in [0.05, 0.1) is 6.04 Å². The third-order valence-electron chi connectivity index (χ3n) is 4.73. The van der Waals surface area contributed by atoms with Crippen molar-refractivity contribution >= 4 is 17.0 Å². The van der Waals surface area contributed by atoms with Crippen molar-refractivity contribution in [3.63, 3.8) is 0 Å². The van der Waals surface area contributed by atoms with Gasteiger partial charge in [0.25, 0.3) is 5.91 Å². The van der Waals surface area contributed by atoms with Crippen molar-refractivity contribution in [2.24, 2.45) is 0 Å². The van der Waals surface area contributed by atoms with Crippen LogP contribution in [0.15, 0.2) is 22.6 Å². The molecule has 1 aliphatic rings. The number of oxazole rings is 1. The van der Waals surface area contributed by atoms with Gasteiger partial charge >= 0.3 is 0 Å². The van der Waals surface area contributed by atoms with Crippen molar-refractivity contribution in [2.75, 3.05) is 6.54 Å². The molecule has 0 N–H and O–H groups in total. The van der Waals surface area contributed by atoms with Crippen LogP contribution >= 0.6 is 0 Å². The number of fused-ring (bicyclic) bond motifs is 2. The molecule has 0 aliphatic carbocycles. The summed E-state index contributed by atoms with van der Waals surface area (Å²) in [5, 5.41) is 8.64. The second kappa shape index (κ2) is 5.68. The van der Waals surface area contributed by atoms with Gasteiger partial charge in [-0.15, -0.1) is 10.2 Å². The molecule has 7 heteroatoms. The SMILES string of the molecule is Cc1nc2ccc(C(=O)N3CCn4c(C(C)C)nnc4C3C)cc2o1. The van der Waals surface area contributed by atoms with Gasteiger partial charge < -0.3 is 13.9 Å². The van der Waals surface area contributed by atoms with Gasteiger partial charge in [0.15, 0.2) is 17.3 Å². The van der Waals surface area contributed by atoms with E-state index in [-0.39, 0.29) is 11.9 Å². The Morgan fingerprint density at radius 1 is 1.28 bits per heavy atom. The lowest BCUT2D eigenvalue weighted by molar-refractivity contribution is 0.0636. The summed E-state index contributed by atoms with van der Waals surface area (Å²) in [6.07, 6.45) is 0. The van der Waals surface area contributed by atoms with E-state index in [9.17, 15) is 4.79 Å². The maximum atomic E-state index is 13.0. The lowest BCUT2D eigenvalue weighted by atomic mass is 10.1. The fourth-order valence-corrected chi connectivity index (χ4v) is 3.45. The smallest absolute Gasteiger partial charge is 0.254 e. The van der Waals surface area contributed by atoms with Gasteiger partial charge in [-0.05, 0) is 25.1 Å². The summed E-state index contributed by atoms with van der Waals surface area (Å²) >= 11 is 0. The van der Waals surface area contributed by atoms with Crippen molar-refractivity contribution < 1.29 is 9.21 Å². The number of amides is 1. The van der Waals surface area contributed by atoms with E-state index >= 15 is 0 Å². The summed E-state index contributed by atoms with van der Waals surface area (Å²) in [5.74, 6) is 2.71. The maximum absolute atomic E-state index is 13.0. The Hall–Kier alpha value is -2.70. The molecule has 0 saturated carbocycles. The summed E-state index contributed by atoms with van der Waals surface area (Å²) in [6, 6.07) is 5.28. The highest BCUT2D eigenvalue weighted by Crippen LogP contribution is 2.28. The minimum Gasteiger partial charge on any atom is -0.441 e. The van der Waals surface area contributed by atoms with Crippen molar-refractivity contribution in [1.82, 2.24) is 24.6 Å². The zero-order chi connectivity index (χ0) is 17.7. The standard InChI is InChI=1S/C18H21N5O2/c1-10(2)16-20-21-17-11(3)22(7-8-23(16)17)18(24)13-5-6-14-15(9-13)25-12(4)19-14/h5-6,9-11H,7-8H2,1-4H3. The Balaban J connectivity index is 1.65. The molecular weight excluding hydrogens is 318 g/mol. The molecule has 1 unspecified atom stereocenters. The van der Waals surface area contributed by atoms with Gasteiger partial charge in [0.1, 0.15) is 11.3 Å². The first-order valence-corrected chi connectivity index (χ1v) is 8.57. The molecule has 3 heterocycles. The summed E-state index contributed by atoms with van der Waals surface area (Å²) < 4.78 is 7.69. The van der Waals surface area contributed by atoms with E-state index in [4.69, 9.17) is 4.42 Å². The summed E-state index contributed by atoms with van der Waals surface area (Å²) in [7, 11) is 0. The Bertz CT molecular complexity index is 956. The molecule has 0 spiro atoms. The van der Waals surface area contributed by atoms with E-state index in [0.29, 0.717) is 29.5 Å². The third-order valence-corrected chi connectivity index (χ3v) is 4.73. The van der Waals surface area contributed by atoms with E-state index in [1.54, 1.807) is 19.1 Å². The molecule has 25 heavy (non-hydrogen) atoms. The van der Waals surface area contributed by atoms with Crippen molar-refractivity contribution in [3.05, 3.63) is 41.3 Å². The maximum Gasteiger partial charge on any atom is 0.254 e. The molecule has 3 aromatic rings. The zero-order valence-electron chi connectivity index (χ0n) is 14.9. The van der Waals surface area contributed by atoms with E-state index in [1.165, 1.54) is 0 Å². The van der Waals surface area contributed by atoms with E-state index < -0.39 is 0 Å². The molecule has 0 bridgehead atoms. The minimum absolute atomic E-state index is 0.0243. The van der Waals surface area contributed by atoms with Crippen molar-refractivity contribution in [2.45, 2.75) is 46.2 Å². The Labute approximate surface area is 145 Å². The van der Waals surface area contributed by atoms with Crippen LogP contribution in [0.5, 0.6) is 0 Å². The molecule has 1 atom stereocenters. The topological polar surface area (TPSA) is 77.1 Å². The largest absolute Gasteiger partial charge is 0.441 e. The Morgan fingerprint density at radius 3 is 2.84 bits per heavy atom. The van der Waals surface area contributed by atoms with Crippen LogP contribution < -0.4 is 0 Å². The van der Waals surface area contributed by atoms with Crippen LogP contribution in [-0.4, -0.2) is 37.1 Å². The van der Waals surface area contributed by atoms with Gasteiger partial charge in [-0.1, -0.05) is 13.8 Å². The van der Waals surface area contributed by atoms with Gasteiger partial charge in [-0.2, -0.15) is 0 Å². The number of hydrogen-bond acceptors (Lipinski definition) is 5. The molecule has 0 saturated heterocycles. The van der Waals surface area contributed by atoms with Crippen molar-refractivity contribution in [3.8, 4) is 0 Å².